The molecule has 0 radical (unpaired) electrons. The second-order valence-electron chi connectivity index (χ2n) is 8.93. The molecule has 186 valence electrons. The number of piperazine rings is 1. The van der Waals surface area contributed by atoms with Crippen LogP contribution in [0.1, 0.15) is 24.6 Å². The van der Waals surface area contributed by atoms with Crippen LogP contribution in [0.4, 0.5) is 25.1 Å². The number of aryl methyl sites for hydroxylation is 1. The summed E-state index contributed by atoms with van der Waals surface area (Å²) in [4.78, 5) is 19.4. The Morgan fingerprint density at radius 2 is 1.74 bits per heavy atom. The Morgan fingerprint density at radius 3 is 2.40 bits per heavy atom. The van der Waals surface area contributed by atoms with Gasteiger partial charge in [0, 0.05) is 44.0 Å². The summed E-state index contributed by atoms with van der Waals surface area (Å²) >= 11 is 0. The molecule has 1 fully saturated rings. The Hall–Kier alpha value is -3.46. The summed E-state index contributed by atoms with van der Waals surface area (Å²) in [5.41, 5.74) is 2.74. The van der Waals surface area contributed by atoms with Crippen LogP contribution in [0.2, 0.25) is 0 Å². The van der Waals surface area contributed by atoms with Crippen LogP contribution in [-0.2, 0) is 6.54 Å². The number of halogens is 2. The molecule has 35 heavy (non-hydrogen) atoms. The van der Waals surface area contributed by atoms with E-state index in [0.717, 1.165) is 49.7 Å². The van der Waals surface area contributed by atoms with Crippen LogP contribution in [0, 0.1) is 18.6 Å². The fraction of sp³-hybridized carbons (Fsp3) is 0.385. The molecule has 0 bridgehead atoms. The maximum absolute atomic E-state index is 14.1. The van der Waals surface area contributed by atoms with Crippen molar-refractivity contribution in [2.45, 2.75) is 26.8 Å². The van der Waals surface area contributed by atoms with Crippen molar-refractivity contribution in [2.24, 2.45) is 0 Å². The number of amides is 2. The lowest BCUT2D eigenvalue weighted by atomic mass is 10.2. The number of carbonyl (C=O) groups is 1. The Labute approximate surface area is 204 Å². The third kappa shape index (κ3) is 5.79. The highest BCUT2D eigenvalue weighted by molar-refractivity contribution is 5.89. The van der Waals surface area contributed by atoms with E-state index >= 15 is 0 Å². The third-order valence-electron chi connectivity index (χ3n) is 6.22. The van der Waals surface area contributed by atoms with Crippen molar-refractivity contribution < 1.29 is 13.6 Å². The average molecular weight is 483 g/mol. The van der Waals surface area contributed by atoms with Gasteiger partial charge < -0.3 is 20.0 Å². The number of hydrogen-bond donors (Lipinski definition) is 1. The zero-order valence-corrected chi connectivity index (χ0v) is 20.5. The van der Waals surface area contributed by atoms with Gasteiger partial charge in [0.2, 0.25) is 0 Å². The van der Waals surface area contributed by atoms with Gasteiger partial charge in [-0.1, -0.05) is 19.1 Å². The number of rotatable bonds is 7. The highest BCUT2D eigenvalue weighted by Crippen LogP contribution is 2.30. The number of aromatic nitrogens is 2. The number of hydrogen-bond acceptors (Lipinski definition) is 4. The SMILES string of the molecule is CCCN(Cc1c(C)nn(-c2cccc(F)c2)c1N1CCN(C)CC1)C(=O)Nc1cccc(F)c1. The van der Waals surface area contributed by atoms with Crippen LogP contribution >= 0.6 is 0 Å². The van der Waals surface area contributed by atoms with Gasteiger partial charge in [0.05, 0.1) is 17.9 Å². The number of carbonyl (C=O) groups excluding carboxylic acids is 1. The average Bonchev–Trinajstić information content (AvgIpc) is 3.15. The van der Waals surface area contributed by atoms with Crippen molar-refractivity contribution in [1.82, 2.24) is 19.6 Å². The van der Waals surface area contributed by atoms with Crippen molar-refractivity contribution in [3.05, 3.63) is 71.4 Å². The van der Waals surface area contributed by atoms with E-state index in [2.05, 4.69) is 22.2 Å². The highest BCUT2D eigenvalue weighted by Gasteiger charge is 2.27. The lowest BCUT2D eigenvalue weighted by molar-refractivity contribution is 0.209. The number of urea groups is 1. The molecule has 2 heterocycles. The number of anilines is 2. The molecule has 0 unspecified atom stereocenters. The normalized spacial score (nSPS) is 14.3. The summed E-state index contributed by atoms with van der Waals surface area (Å²) in [5.74, 6) is 0.138. The van der Waals surface area contributed by atoms with Crippen molar-refractivity contribution >= 4 is 17.5 Å². The molecule has 1 aromatic heterocycles. The van der Waals surface area contributed by atoms with Crippen molar-refractivity contribution in [3.8, 4) is 5.69 Å². The Bertz CT molecular complexity index is 1170. The molecular weight excluding hydrogens is 450 g/mol. The molecule has 2 amide bonds. The van der Waals surface area contributed by atoms with Gasteiger partial charge >= 0.3 is 6.03 Å². The van der Waals surface area contributed by atoms with Gasteiger partial charge in [-0.15, -0.1) is 0 Å². The van der Waals surface area contributed by atoms with Gasteiger partial charge in [0.25, 0.3) is 0 Å². The molecule has 0 aliphatic carbocycles. The Kier molecular flexibility index (Phi) is 7.65. The number of benzene rings is 2. The van der Waals surface area contributed by atoms with E-state index in [9.17, 15) is 13.6 Å². The molecule has 1 aliphatic heterocycles. The maximum atomic E-state index is 14.1. The fourth-order valence-electron chi connectivity index (χ4n) is 4.35. The summed E-state index contributed by atoms with van der Waals surface area (Å²) in [5, 5.41) is 7.58. The lowest BCUT2D eigenvalue weighted by Gasteiger charge is -2.35. The molecule has 3 aromatic rings. The first-order valence-corrected chi connectivity index (χ1v) is 11.9. The van der Waals surface area contributed by atoms with Gasteiger partial charge in [-0.3, -0.25) is 0 Å². The molecule has 1 N–H and O–H groups in total. The van der Waals surface area contributed by atoms with Gasteiger partial charge in [-0.05, 0) is 56.8 Å². The van der Waals surface area contributed by atoms with Gasteiger partial charge in [0.1, 0.15) is 17.5 Å². The lowest BCUT2D eigenvalue weighted by Crippen LogP contribution is -2.45. The maximum Gasteiger partial charge on any atom is 0.322 e. The second-order valence-corrected chi connectivity index (χ2v) is 8.93. The van der Waals surface area contributed by atoms with E-state index in [0.29, 0.717) is 24.5 Å². The summed E-state index contributed by atoms with van der Waals surface area (Å²) in [6.07, 6.45) is 0.761. The number of likely N-dealkylation sites (N-methyl/N-ethyl adjacent to an activating group) is 1. The minimum Gasteiger partial charge on any atom is -0.354 e. The first-order chi connectivity index (χ1) is 16.9. The summed E-state index contributed by atoms with van der Waals surface area (Å²) in [7, 11) is 2.09. The smallest absolute Gasteiger partial charge is 0.322 e. The van der Waals surface area contributed by atoms with E-state index in [1.54, 1.807) is 27.8 Å². The van der Waals surface area contributed by atoms with Crippen LogP contribution in [0.25, 0.3) is 5.69 Å². The van der Waals surface area contributed by atoms with E-state index in [1.165, 1.54) is 24.3 Å². The van der Waals surface area contributed by atoms with E-state index in [-0.39, 0.29) is 11.8 Å². The Balaban J connectivity index is 1.69. The monoisotopic (exact) mass is 482 g/mol. The number of nitrogens with one attached hydrogen (secondary N) is 1. The molecule has 4 rings (SSSR count). The minimum absolute atomic E-state index is 0.306. The molecule has 1 aliphatic rings. The van der Waals surface area contributed by atoms with E-state index in [1.807, 2.05) is 19.9 Å². The summed E-state index contributed by atoms with van der Waals surface area (Å²) in [6, 6.07) is 11.9. The van der Waals surface area contributed by atoms with Crippen molar-refractivity contribution in [2.75, 3.05) is 50.0 Å². The second kappa shape index (κ2) is 10.9. The summed E-state index contributed by atoms with van der Waals surface area (Å²) < 4.78 is 29.5. The minimum atomic E-state index is -0.408. The molecule has 7 nitrogen and oxygen atoms in total. The first-order valence-electron chi connectivity index (χ1n) is 11.9. The predicted molar refractivity (Wildman–Crippen MR) is 134 cm³/mol. The molecule has 9 heteroatoms. The van der Waals surface area contributed by atoms with E-state index < -0.39 is 5.82 Å². The largest absolute Gasteiger partial charge is 0.354 e. The molecule has 0 spiro atoms. The first kappa shape index (κ1) is 24.7. The molecule has 2 aromatic carbocycles. The highest BCUT2D eigenvalue weighted by atomic mass is 19.1. The summed E-state index contributed by atoms with van der Waals surface area (Å²) in [6.45, 7) is 8.16. The van der Waals surface area contributed by atoms with Crippen LogP contribution in [0.15, 0.2) is 48.5 Å². The van der Waals surface area contributed by atoms with Crippen LogP contribution in [-0.4, -0.2) is 65.4 Å². The zero-order chi connectivity index (χ0) is 24.9. The molecule has 0 saturated carbocycles. The van der Waals surface area contributed by atoms with Crippen LogP contribution < -0.4 is 10.2 Å². The van der Waals surface area contributed by atoms with Gasteiger partial charge in [-0.25, -0.2) is 18.3 Å². The quantitative estimate of drug-likeness (QED) is 0.533. The molecular formula is C26H32F2N6O. The van der Waals surface area contributed by atoms with Crippen molar-refractivity contribution in [3.63, 3.8) is 0 Å². The Morgan fingerprint density at radius 1 is 1.06 bits per heavy atom. The van der Waals surface area contributed by atoms with Crippen LogP contribution in [0.3, 0.4) is 0 Å². The van der Waals surface area contributed by atoms with Crippen LogP contribution in [0.5, 0.6) is 0 Å². The molecule has 1 saturated heterocycles. The zero-order valence-electron chi connectivity index (χ0n) is 20.5. The van der Waals surface area contributed by atoms with E-state index in [4.69, 9.17) is 5.10 Å². The topological polar surface area (TPSA) is 56.6 Å². The standard InChI is InChI=1S/C26H32F2N6O/c1-4-11-33(26(35)29-22-9-5-7-20(27)16-22)18-24-19(2)30-34(23-10-6-8-21(28)17-23)25(24)32-14-12-31(3)13-15-32/h5-10,16-17H,4,11-15,18H2,1-3H3,(H,29,35). The third-order valence-corrected chi connectivity index (χ3v) is 6.22. The van der Waals surface area contributed by atoms with Crippen molar-refractivity contribution in [1.29, 1.82) is 0 Å². The van der Waals surface area contributed by atoms with Gasteiger partial charge in [-0.2, -0.15) is 5.10 Å². The predicted octanol–water partition coefficient (Wildman–Crippen LogP) is 4.65. The van der Waals surface area contributed by atoms with Gasteiger partial charge in [0.15, 0.2) is 0 Å². The fourth-order valence-corrected chi connectivity index (χ4v) is 4.35. The number of nitrogens with zero attached hydrogens (tertiary/aromatic N) is 5. The molecule has 0 atom stereocenters.